The number of likely N-dealkylation sites (N-methyl/N-ethyl adjacent to an activating group) is 1. The van der Waals surface area contributed by atoms with Crippen LogP contribution in [0.3, 0.4) is 0 Å². The molecule has 0 radical (unpaired) electrons. The Labute approximate surface area is 151 Å². The predicted octanol–water partition coefficient (Wildman–Crippen LogP) is 1.40. The van der Waals surface area contributed by atoms with Crippen molar-refractivity contribution in [1.29, 1.82) is 0 Å². The van der Waals surface area contributed by atoms with Gasteiger partial charge in [0.1, 0.15) is 0 Å². The van der Waals surface area contributed by atoms with Crippen molar-refractivity contribution >= 4 is 21.7 Å². The quantitative estimate of drug-likeness (QED) is 0.564. The van der Waals surface area contributed by atoms with Gasteiger partial charge in [-0.3, -0.25) is 4.79 Å². The molecule has 1 heterocycles. The van der Waals surface area contributed by atoms with Crippen molar-refractivity contribution in [3.05, 3.63) is 0 Å². The smallest absolute Gasteiger partial charge is 0.335 e. The van der Waals surface area contributed by atoms with Gasteiger partial charge in [-0.25, -0.2) is 13.2 Å². The van der Waals surface area contributed by atoms with E-state index in [1.54, 1.807) is 13.8 Å². The van der Waals surface area contributed by atoms with E-state index in [-0.39, 0.29) is 23.5 Å². The van der Waals surface area contributed by atoms with E-state index in [4.69, 9.17) is 9.47 Å². The maximum atomic E-state index is 12.5. The zero-order chi connectivity index (χ0) is 19.2. The second kappa shape index (κ2) is 9.52. The largest absolute Gasteiger partial charge is 0.451 e. The molecule has 0 saturated carbocycles. The van der Waals surface area contributed by atoms with Crippen molar-refractivity contribution in [3.8, 4) is 0 Å². The Morgan fingerprint density at radius 2 is 1.80 bits per heavy atom. The summed E-state index contributed by atoms with van der Waals surface area (Å²) in [5.41, 5.74) is 0. The number of hydrogen-bond donors (Lipinski definition) is 0. The van der Waals surface area contributed by atoms with E-state index < -0.39 is 28.0 Å². The first-order valence-electron chi connectivity index (χ1n) is 8.90. The van der Waals surface area contributed by atoms with E-state index in [2.05, 4.69) is 13.8 Å². The highest BCUT2D eigenvalue weighted by Gasteiger charge is 2.36. The average Bonchev–Trinajstić information content (AvgIpc) is 2.87. The number of carbonyl (C=O) groups excluding carboxylic acids is 2. The van der Waals surface area contributed by atoms with E-state index in [1.165, 1.54) is 11.8 Å². The van der Waals surface area contributed by atoms with Gasteiger partial charge < -0.3 is 14.4 Å². The molecular weight excluding hydrogens is 346 g/mol. The molecule has 1 amide bonds. The topological polar surface area (TPSA) is 90.0 Å². The molecule has 3 atom stereocenters. The van der Waals surface area contributed by atoms with Gasteiger partial charge in [-0.15, -0.1) is 0 Å². The van der Waals surface area contributed by atoms with Crippen LogP contribution in [0.15, 0.2) is 0 Å². The first-order valence-corrected chi connectivity index (χ1v) is 10.7. The van der Waals surface area contributed by atoms with Crippen LogP contribution in [0.1, 0.15) is 47.5 Å². The molecule has 146 valence electrons. The van der Waals surface area contributed by atoms with Gasteiger partial charge in [-0.05, 0) is 39.5 Å². The lowest BCUT2D eigenvalue weighted by molar-refractivity contribution is -0.168. The van der Waals surface area contributed by atoms with E-state index in [9.17, 15) is 18.0 Å². The Kier molecular flexibility index (Phi) is 8.34. The first-order chi connectivity index (χ1) is 11.6. The van der Waals surface area contributed by atoms with Gasteiger partial charge in [0.15, 0.2) is 22.0 Å². The summed E-state index contributed by atoms with van der Waals surface area (Å²) >= 11 is 0. The van der Waals surface area contributed by atoms with Crippen LogP contribution in [0.5, 0.6) is 0 Å². The van der Waals surface area contributed by atoms with Crippen LogP contribution >= 0.6 is 0 Å². The van der Waals surface area contributed by atoms with E-state index in [0.717, 1.165) is 6.42 Å². The Morgan fingerprint density at radius 1 is 1.16 bits per heavy atom. The SMILES string of the molecule is CCN(C(=O)C(C)OC(=O)C(C)OCCC(C)C)C1CCS(=O)(=O)C1. The monoisotopic (exact) mass is 377 g/mol. The number of sulfone groups is 1. The summed E-state index contributed by atoms with van der Waals surface area (Å²) in [5, 5.41) is 0. The lowest BCUT2D eigenvalue weighted by atomic mass is 10.1. The fraction of sp³-hybridized carbons (Fsp3) is 0.882. The minimum Gasteiger partial charge on any atom is -0.451 e. The van der Waals surface area contributed by atoms with Crippen LogP contribution in [0.4, 0.5) is 0 Å². The molecule has 8 heteroatoms. The Balaban J connectivity index is 2.55. The first kappa shape index (κ1) is 21.9. The molecule has 1 aliphatic rings. The zero-order valence-electron chi connectivity index (χ0n) is 15.9. The van der Waals surface area contributed by atoms with Crippen molar-refractivity contribution in [2.45, 2.75) is 65.7 Å². The lowest BCUT2D eigenvalue weighted by Crippen LogP contribution is -2.47. The Hall–Kier alpha value is -1.15. The molecule has 25 heavy (non-hydrogen) atoms. The number of carbonyl (C=O) groups is 2. The van der Waals surface area contributed by atoms with Gasteiger partial charge in [-0.2, -0.15) is 0 Å². The highest BCUT2D eigenvalue weighted by Crippen LogP contribution is 2.19. The summed E-state index contributed by atoms with van der Waals surface area (Å²) in [6, 6.07) is -0.344. The van der Waals surface area contributed by atoms with Crippen molar-refractivity contribution < 1.29 is 27.5 Å². The van der Waals surface area contributed by atoms with Crippen LogP contribution in [0.25, 0.3) is 0 Å². The maximum Gasteiger partial charge on any atom is 0.335 e. The van der Waals surface area contributed by atoms with Gasteiger partial charge in [0.25, 0.3) is 5.91 Å². The maximum absolute atomic E-state index is 12.5. The van der Waals surface area contributed by atoms with Crippen molar-refractivity contribution in [1.82, 2.24) is 4.90 Å². The highest BCUT2D eigenvalue weighted by molar-refractivity contribution is 7.91. The third-order valence-corrected chi connectivity index (χ3v) is 6.06. The number of esters is 1. The molecule has 0 aliphatic carbocycles. The number of nitrogens with zero attached hydrogens (tertiary/aromatic N) is 1. The minimum atomic E-state index is -3.09. The number of ether oxygens (including phenoxy) is 2. The Morgan fingerprint density at radius 3 is 2.28 bits per heavy atom. The summed E-state index contributed by atoms with van der Waals surface area (Å²) in [6.45, 7) is 9.85. The van der Waals surface area contributed by atoms with Crippen LogP contribution < -0.4 is 0 Å². The summed E-state index contributed by atoms with van der Waals surface area (Å²) in [7, 11) is -3.09. The summed E-state index contributed by atoms with van der Waals surface area (Å²) in [5.74, 6) is -0.408. The lowest BCUT2D eigenvalue weighted by Gasteiger charge is -2.29. The number of amides is 1. The third kappa shape index (κ3) is 6.93. The molecule has 3 unspecified atom stereocenters. The molecule has 7 nitrogen and oxygen atoms in total. The van der Waals surface area contributed by atoms with Crippen molar-refractivity contribution in [3.63, 3.8) is 0 Å². The van der Waals surface area contributed by atoms with E-state index >= 15 is 0 Å². The normalized spacial score (nSPS) is 21.8. The number of hydrogen-bond acceptors (Lipinski definition) is 6. The molecule has 1 saturated heterocycles. The second-order valence-corrected chi connectivity index (χ2v) is 9.18. The van der Waals surface area contributed by atoms with Gasteiger partial charge in [0.2, 0.25) is 0 Å². The summed E-state index contributed by atoms with van der Waals surface area (Å²) in [4.78, 5) is 26.1. The second-order valence-electron chi connectivity index (χ2n) is 6.96. The third-order valence-electron chi connectivity index (χ3n) is 4.31. The van der Waals surface area contributed by atoms with Crippen LogP contribution in [0, 0.1) is 5.92 Å². The molecular formula is C17H31NO6S. The average molecular weight is 378 g/mol. The fourth-order valence-electron chi connectivity index (χ4n) is 2.72. The standard InChI is InChI=1S/C17H31NO6S/c1-6-18(15-8-10-25(21,22)11-15)16(19)13(4)24-17(20)14(5)23-9-7-12(2)3/h12-15H,6-11H2,1-5H3. The molecule has 1 fully saturated rings. The predicted molar refractivity (Wildman–Crippen MR) is 94.9 cm³/mol. The minimum absolute atomic E-state index is 0.0258. The Bertz CT molecular complexity index is 559. The molecule has 1 rings (SSSR count). The van der Waals surface area contributed by atoms with Crippen molar-refractivity contribution in [2.75, 3.05) is 24.7 Å². The van der Waals surface area contributed by atoms with E-state index in [1.807, 2.05) is 0 Å². The van der Waals surface area contributed by atoms with Gasteiger partial charge in [0, 0.05) is 19.2 Å². The van der Waals surface area contributed by atoms with E-state index in [0.29, 0.717) is 25.5 Å². The highest BCUT2D eigenvalue weighted by atomic mass is 32.2. The van der Waals surface area contributed by atoms with Gasteiger partial charge in [-0.1, -0.05) is 13.8 Å². The van der Waals surface area contributed by atoms with Crippen LogP contribution in [-0.4, -0.2) is 68.1 Å². The summed E-state index contributed by atoms with van der Waals surface area (Å²) < 4.78 is 33.9. The molecule has 1 aliphatic heterocycles. The molecule has 0 N–H and O–H groups in total. The fourth-order valence-corrected chi connectivity index (χ4v) is 4.45. The molecule has 0 aromatic rings. The van der Waals surface area contributed by atoms with Crippen LogP contribution in [-0.2, 0) is 28.9 Å². The summed E-state index contributed by atoms with van der Waals surface area (Å²) in [6.07, 6.45) is -0.439. The molecule has 0 aromatic heterocycles. The van der Waals surface area contributed by atoms with Crippen LogP contribution in [0.2, 0.25) is 0 Å². The van der Waals surface area contributed by atoms with Gasteiger partial charge >= 0.3 is 5.97 Å². The van der Waals surface area contributed by atoms with Crippen molar-refractivity contribution in [2.24, 2.45) is 5.92 Å². The molecule has 0 bridgehead atoms. The zero-order valence-corrected chi connectivity index (χ0v) is 16.7. The molecule has 0 spiro atoms. The number of rotatable bonds is 9. The molecule has 0 aromatic carbocycles. The van der Waals surface area contributed by atoms with Gasteiger partial charge in [0.05, 0.1) is 11.5 Å².